The molecule has 0 aliphatic heterocycles. The Hall–Kier alpha value is -1.65. The van der Waals surface area contributed by atoms with Gasteiger partial charge in [0.15, 0.2) is 5.82 Å². The fourth-order valence-electron chi connectivity index (χ4n) is 1.36. The summed E-state index contributed by atoms with van der Waals surface area (Å²) in [4.78, 5) is 16.1. The largest absolute Gasteiger partial charge is 0.457 e. The van der Waals surface area contributed by atoms with Crippen molar-refractivity contribution in [3.8, 4) is 0 Å². The number of rotatable bonds is 5. The molecule has 0 N–H and O–H groups in total. The van der Waals surface area contributed by atoms with E-state index in [0.29, 0.717) is 17.3 Å². The van der Waals surface area contributed by atoms with Gasteiger partial charge in [-0.15, -0.1) is 0 Å². The number of nitrogens with zero attached hydrogens (tertiary/aromatic N) is 2. The summed E-state index contributed by atoms with van der Waals surface area (Å²) in [5.41, 5.74) is -0.372. The van der Waals surface area contributed by atoms with E-state index in [1.54, 1.807) is 0 Å². The number of carbonyl (C=O) groups is 1. The Morgan fingerprint density at radius 3 is 2.40 bits per heavy atom. The monoisotopic (exact) mass is 280 g/mol. The van der Waals surface area contributed by atoms with E-state index in [1.807, 2.05) is 34.6 Å². The van der Waals surface area contributed by atoms with Crippen molar-refractivity contribution in [1.82, 2.24) is 10.1 Å². The predicted octanol–water partition coefficient (Wildman–Crippen LogP) is 3.20. The molecule has 0 aromatic carbocycles. The Labute approximate surface area is 120 Å². The minimum absolute atomic E-state index is 0.144. The standard InChI is InChI=1S/C15H24N2O3/c1-8-15(6,7)13-16-11(20-17-13)9-10(2)12(18)19-14(3,4)5/h2,8-9H2,1,3-7H3. The van der Waals surface area contributed by atoms with Gasteiger partial charge in [0.2, 0.25) is 5.89 Å². The lowest BCUT2D eigenvalue weighted by Gasteiger charge is -2.19. The van der Waals surface area contributed by atoms with Crippen molar-refractivity contribution < 1.29 is 14.1 Å². The Morgan fingerprint density at radius 1 is 1.30 bits per heavy atom. The number of esters is 1. The first-order valence-electron chi connectivity index (χ1n) is 6.79. The molecule has 0 bridgehead atoms. The van der Waals surface area contributed by atoms with E-state index < -0.39 is 11.6 Å². The maximum Gasteiger partial charge on any atom is 0.334 e. The Bertz CT molecular complexity index is 495. The summed E-state index contributed by atoms with van der Waals surface area (Å²) in [5, 5.41) is 3.97. The molecule has 5 heteroatoms. The minimum Gasteiger partial charge on any atom is -0.457 e. The summed E-state index contributed by atoms with van der Waals surface area (Å²) < 4.78 is 10.4. The second-order valence-corrected chi connectivity index (χ2v) is 6.53. The van der Waals surface area contributed by atoms with Crippen molar-refractivity contribution in [1.29, 1.82) is 0 Å². The Balaban J connectivity index is 2.71. The van der Waals surface area contributed by atoms with Crippen LogP contribution < -0.4 is 0 Å². The van der Waals surface area contributed by atoms with Crippen LogP contribution in [0.1, 0.15) is 59.7 Å². The molecule has 1 aromatic heterocycles. The first-order valence-corrected chi connectivity index (χ1v) is 6.79. The summed E-state index contributed by atoms with van der Waals surface area (Å²) >= 11 is 0. The normalized spacial score (nSPS) is 12.3. The fraction of sp³-hybridized carbons (Fsp3) is 0.667. The number of aromatic nitrogens is 2. The van der Waals surface area contributed by atoms with Gasteiger partial charge in [0.05, 0.1) is 6.42 Å². The van der Waals surface area contributed by atoms with Crippen molar-refractivity contribution in [2.45, 2.75) is 65.4 Å². The van der Waals surface area contributed by atoms with Crippen LogP contribution in [0.4, 0.5) is 0 Å². The number of hydrogen-bond acceptors (Lipinski definition) is 5. The van der Waals surface area contributed by atoms with Crippen molar-refractivity contribution in [3.05, 3.63) is 23.9 Å². The summed E-state index contributed by atoms with van der Waals surface area (Å²) in [6.45, 7) is 15.3. The second-order valence-electron chi connectivity index (χ2n) is 6.53. The van der Waals surface area contributed by atoms with Crippen molar-refractivity contribution in [3.63, 3.8) is 0 Å². The molecular weight excluding hydrogens is 256 g/mol. The van der Waals surface area contributed by atoms with Crippen LogP contribution >= 0.6 is 0 Å². The van der Waals surface area contributed by atoms with Crippen LogP contribution in [0.5, 0.6) is 0 Å². The molecule has 1 aromatic rings. The van der Waals surface area contributed by atoms with E-state index in [1.165, 1.54) is 0 Å². The molecule has 0 unspecified atom stereocenters. The molecule has 0 fully saturated rings. The lowest BCUT2D eigenvalue weighted by molar-refractivity contribution is -0.150. The molecule has 112 valence electrons. The number of ether oxygens (including phenoxy) is 1. The molecule has 0 saturated heterocycles. The molecule has 0 aliphatic rings. The van der Waals surface area contributed by atoms with Gasteiger partial charge in [-0.3, -0.25) is 0 Å². The Kier molecular flexibility index (Phi) is 4.73. The number of hydrogen-bond donors (Lipinski definition) is 0. The average molecular weight is 280 g/mol. The topological polar surface area (TPSA) is 65.2 Å². The van der Waals surface area contributed by atoms with E-state index in [0.717, 1.165) is 6.42 Å². The smallest absolute Gasteiger partial charge is 0.334 e. The summed E-state index contributed by atoms with van der Waals surface area (Å²) in [5.74, 6) is 0.594. The molecule has 0 atom stereocenters. The molecule has 1 rings (SSSR count). The van der Waals surface area contributed by atoms with E-state index in [9.17, 15) is 4.79 Å². The highest BCUT2D eigenvalue weighted by molar-refractivity contribution is 5.88. The summed E-state index contributed by atoms with van der Waals surface area (Å²) in [7, 11) is 0. The highest BCUT2D eigenvalue weighted by atomic mass is 16.6. The molecule has 0 radical (unpaired) electrons. The van der Waals surface area contributed by atoms with E-state index >= 15 is 0 Å². The molecule has 5 nitrogen and oxygen atoms in total. The van der Waals surface area contributed by atoms with E-state index in [4.69, 9.17) is 9.26 Å². The minimum atomic E-state index is -0.537. The molecule has 0 aliphatic carbocycles. The molecule has 0 amide bonds. The van der Waals surface area contributed by atoms with Gasteiger partial charge in [-0.05, 0) is 27.2 Å². The summed E-state index contributed by atoms with van der Waals surface area (Å²) in [6, 6.07) is 0. The summed E-state index contributed by atoms with van der Waals surface area (Å²) in [6.07, 6.45) is 1.11. The first-order chi connectivity index (χ1) is 9.05. The van der Waals surface area contributed by atoms with Gasteiger partial charge in [0, 0.05) is 11.0 Å². The third kappa shape index (κ3) is 4.47. The number of carbonyl (C=O) groups excluding carboxylic acids is 1. The molecular formula is C15H24N2O3. The van der Waals surface area contributed by atoms with Crippen molar-refractivity contribution in [2.75, 3.05) is 0 Å². The maximum absolute atomic E-state index is 11.8. The fourth-order valence-corrected chi connectivity index (χ4v) is 1.36. The van der Waals surface area contributed by atoms with Gasteiger partial charge in [-0.1, -0.05) is 32.5 Å². The first kappa shape index (κ1) is 16.4. The highest BCUT2D eigenvalue weighted by Crippen LogP contribution is 2.24. The van der Waals surface area contributed by atoms with E-state index in [-0.39, 0.29) is 11.8 Å². The molecule has 0 spiro atoms. The van der Waals surface area contributed by atoms with Crippen molar-refractivity contribution >= 4 is 5.97 Å². The highest BCUT2D eigenvalue weighted by Gasteiger charge is 2.26. The van der Waals surface area contributed by atoms with Crippen LogP contribution in [0.2, 0.25) is 0 Å². The van der Waals surface area contributed by atoms with Gasteiger partial charge in [-0.25, -0.2) is 4.79 Å². The molecule has 0 saturated carbocycles. The third-order valence-corrected chi connectivity index (χ3v) is 3.01. The predicted molar refractivity (Wildman–Crippen MR) is 76.3 cm³/mol. The maximum atomic E-state index is 11.8. The second kappa shape index (κ2) is 5.77. The Morgan fingerprint density at radius 2 is 1.90 bits per heavy atom. The SMILES string of the molecule is C=C(Cc1nc(C(C)(C)CC)no1)C(=O)OC(C)(C)C. The van der Waals surface area contributed by atoms with Crippen LogP contribution in [0, 0.1) is 0 Å². The van der Waals surface area contributed by atoms with Crippen LogP contribution in [0.3, 0.4) is 0 Å². The molecule has 1 heterocycles. The van der Waals surface area contributed by atoms with E-state index in [2.05, 4.69) is 23.6 Å². The zero-order valence-corrected chi connectivity index (χ0v) is 13.2. The van der Waals surface area contributed by atoms with Crippen LogP contribution in [-0.2, 0) is 21.4 Å². The average Bonchev–Trinajstić information content (AvgIpc) is 2.76. The van der Waals surface area contributed by atoms with Crippen molar-refractivity contribution in [2.24, 2.45) is 0 Å². The zero-order valence-electron chi connectivity index (χ0n) is 13.2. The molecule has 20 heavy (non-hydrogen) atoms. The zero-order chi connectivity index (χ0) is 15.6. The van der Waals surface area contributed by atoms with Gasteiger partial charge in [0.25, 0.3) is 0 Å². The van der Waals surface area contributed by atoms with Crippen LogP contribution in [0.25, 0.3) is 0 Å². The lowest BCUT2D eigenvalue weighted by atomic mass is 9.90. The van der Waals surface area contributed by atoms with Crippen LogP contribution in [-0.4, -0.2) is 21.7 Å². The quantitative estimate of drug-likeness (QED) is 0.612. The van der Waals surface area contributed by atoms with Gasteiger partial charge >= 0.3 is 5.97 Å². The van der Waals surface area contributed by atoms with Gasteiger partial charge in [0.1, 0.15) is 5.60 Å². The third-order valence-electron chi connectivity index (χ3n) is 3.01. The van der Waals surface area contributed by atoms with Crippen LogP contribution in [0.15, 0.2) is 16.7 Å². The lowest BCUT2D eigenvalue weighted by Crippen LogP contribution is -2.25. The van der Waals surface area contributed by atoms with Gasteiger partial charge in [-0.2, -0.15) is 4.98 Å². The van der Waals surface area contributed by atoms with Gasteiger partial charge < -0.3 is 9.26 Å².